The van der Waals surface area contributed by atoms with E-state index < -0.39 is 6.10 Å². The van der Waals surface area contributed by atoms with Crippen LogP contribution in [-0.2, 0) is 92.9 Å². The molecule has 0 fully saturated rings. The van der Waals surface area contributed by atoms with Gasteiger partial charge < -0.3 is 30.7 Å². The quantitative estimate of drug-likeness (QED) is 0.0287. The molecule has 5 aromatic heterocycles. The van der Waals surface area contributed by atoms with Crippen LogP contribution >= 0.6 is 35.3 Å². The van der Waals surface area contributed by atoms with Crippen molar-refractivity contribution in [2.45, 2.75) is 97.0 Å². The van der Waals surface area contributed by atoms with Crippen molar-refractivity contribution in [2.75, 3.05) is 34.4 Å². The smallest absolute Gasteiger partial charge is 0.253 e. The molecular weight excluding hydrogens is 1580 g/mol. The molecule has 0 saturated heterocycles. The summed E-state index contributed by atoms with van der Waals surface area (Å²) in [7, 11) is 0. The number of Topliss-reactive ketones (excluding diaryl/α,β-unsaturated/α-hetero) is 1. The number of hydrogen-bond donors (Lipinski definition) is 4. The first-order valence-corrected chi connectivity index (χ1v) is 44.5. The molecule has 0 radical (unpaired) electrons. The van der Waals surface area contributed by atoms with Gasteiger partial charge in [0.1, 0.15) is 6.10 Å². The molecular formula is C106H105N9O5S3. The fourth-order valence-electron chi connectivity index (χ4n) is 12.7. The third kappa shape index (κ3) is 36.2. The Morgan fingerprint density at radius 3 is 0.967 bits per heavy atom. The lowest BCUT2D eigenvalue weighted by atomic mass is 10.0. The number of aromatic nitrogens is 5. The van der Waals surface area contributed by atoms with E-state index in [-0.39, 0.29) is 34.2 Å². The number of para-hydroxylation sites is 4. The van der Waals surface area contributed by atoms with Crippen molar-refractivity contribution in [3.05, 3.63) is 487 Å². The molecule has 4 N–H and O–H groups in total. The van der Waals surface area contributed by atoms with E-state index in [4.69, 9.17) is 9.47 Å². The van der Waals surface area contributed by atoms with Gasteiger partial charge in [-0.05, 0) is 159 Å². The maximum absolute atomic E-state index is 12.9. The van der Waals surface area contributed by atoms with Crippen molar-refractivity contribution in [3.63, 3.8) is 0 Å². The monoisotopic (exact) mass is 1680 g/mol. The number of carbonyl (C=O) groups is 3. The topological polar surface area (TPSA) is 182 Å². The number of hydrogen-bond acceptors (Lipinski definition) is 15. The molecule has 0 spiro atoms. The van der Waals surface area contributed by atoms with Crippen LogP contribution in [0.25, 0.3) is 0 Å². The molecule has 5 heterocycles. The second-order valence-corrected chi connectivity index (χ2v) is 32.5. The summed E-state index contributed by atoms with van der Waals surface area (Å²) in [6, 6.07) is 121. The van der Waals surface area contributed by atoms with Crippen LogP contribution in [0.5, 0.6) is 0 Å². The number of ketones is 1. The van der Waals surface area contributed by atoms with Gasteiger partial charge in [-0.2, -0.15) is 11.8 Å². The Bertz CT molecular complexity index is 4750. The van der Waals surface area contributed by atoms with Crippen LogP contribution in [-0.4, -0.2) is 83.6 Å². The summed E-state index contributed by atoms with van der Waals surface area (Å²) in [6.07, 6.45) is 22.0. The molecule has 5 unspecified atom stereocenters. The van der Waals surface area contributed by atoms with Gasteiger partial charge in [-0.3, -0.25) is 39.3 Å². The first kappa shape index (κ1) is 90.9. The van der Waals surface area contributed by atoms with E-state index >= 15 is 0 Å². The standard InChI is InChI=1S/C22H21NOS.C21H20N2O2.C21H20N2OS.C21H22N2O.C21H22N2S/c24-21(14-18-8-3-1-4-9-18)22(15-19-10-5-2-6-11-19)25-17-20-12-7-13-23-16-20;2*24-21(23-19-11-5-2-6-12-19)20(14-17-8-3-1-4-9-17)25-16-18-10-7-13-22-15-18;2*1-3-8-18(9-4-1)14-21(16-23-20-11-5-2-6-12-20)24-17-19-10-7-13-22-15-19/h1-13,16,22H,14-15,17H2;2*1-13,15,20H,14,16H2,(H,23,24);2*1-13,15,21,23H,14,16-17H2. The summed E-state index contributed by atoms with van der Waals surface area (Å²) >= 11 is 5.34. The Balaban J connectivity index is 0.000000150. The van der Waals surface area contributed by atoms with Crippen molar-refractivity contribution in [1.82, 2.24) is 24.9 Å². The maximum atomic E-state index is 12.9. The van der Waals surface area contributed by atoms with Crippen molar-refractivity contribution in [1.29, 1.82) is 0 Å². The van der Waals surface area contributed by atoms with Gasteiger partial charge in [0, 0.05) is 140 Å². The molecule has 2 amide bonds. The van der Waals surface area contributed by atoms with Crippen LogP contribution in [0.4, 0.5) is 22.7 Å². The van der Waals surface area contributed by atoms with Gasteiger partial charge in [0.05, 0.1) is 29.8 Å². The number of nitrogens with one attached hydrogen (secondary N) is 4. The number of amides is 2. The molecule has 15 rings (SSSR count). The first-order chi connectivity index (χ1) is 60.7. The van der Waals surface area contributed by atoms with E-state index in [1.54, 1.807) is 54.5 Å². The third-order valence-electron chi connectivity index (χ3n) is 19.2. The Morgan fingerprint density at radius 1 is 0.268 bits per heavy atom. The van der Waals surface area contributed by atoms with Gasteiger partial charge in [-0.25, -0.2) is 0 Å². The van der Waals surface area contributed by atoms with Crippen molar-refractivity contribution < 1.29 is 23.9 Å². The normalized spacial score (nSPS) is 11.8. The van der Waals surface area contributed by atoms with E-state index in [1.807, 2.05) is 279 Å². The second-order valence-electron chi connectivity index (χ2n) is 28.9. The zero-order valence-electron chi connectivity index (χ0n) is 69.0. The van der Waals surface area contributed by atoms with Gasteiger partial charge in [0.2, 0.25) is 5.91 Å². The minimum absolute atomic E-state index is 0.0314. The summed E-state index contributed by atoms with van der Waals surface area (Å²) in [5, 5.41) is 13.3. The maximum Gasteiger partial charge on any atom is 0.253 e. The van der Waals surface area contributed by atoms with Crippen molar-refractivity contribution in [2.24, 2.45) is 0 Å². The Morgan fingerprint density at radius 2 is 0.569 bits per heavy atom. The van der Waals surface area contributed by atoms with E-state index in [0.717, 1.165) is 106 Å². The van der Waals surface area contributed by atoms with Crippen LogP contribution < -0.4 is 21.3 Å². The molecule has 15 aromatic rings. The van der Waals surface area contributed by atoms with Gasteiger partial charge in [-0.15, -0.1) is 23.5 Å². The highest BCUT2D eigenvalue weighted by Gasteiger charge is 2.24. The Kier molecular flexibility index (Phi) is 40.2. The molecule has 0 bridgehead atoms. The summed E-state index contributed by atoms with van der Waals surface area (Å²) in [5.41, 5.74) is 16.6. The summed E-state index contributed by atoms with van der Waals surface area (Å²) in [4.78, 5) is 59.1. The average molecular weight is 1680 g/mol. The van der Waals surface area contributed by atoms with Crippen LogP contribution in [0.15, 0.2) is 426 Å². The average Bonchev–Trinajstić information content (AvgIpc) is 0.903. The molecule has 622 valence electrons. The number of rotatable bonds is 38. The fraction of sp³-hybridized carbons (Fsp3) is 0.170. The minimum Gasteiger partial charge on any atom is -0.384 e. The molecule has 0 aliphatic heterocycles. The van der Waals surface area contributed by atoms with Gasteiger partial charge in [0.25, 0.3) is 5.91 Å². The molecule has 17 heteroatoms. The third-order valence-corrected chi connectivity index (χ3v) is 23.1. The predicted octanol–water partition coefficient (Wildman–Crippen LogP) is 22.5. The molecule has 0 aliphatic rings. The fourth-order valence-corrected chi connectivity index (χ4v) is 16.1. The zero-order valence-corrected chi connectivity index (χ0v) is 71.4. The second kappa shape index (κ2) is 54.4. The lowest BCUT2D eigenvalue weighted by Gasteiger charge is -2.19. The molecule has 0 aliphatic carbocycles. The van der Waals surface area contributed by atoms with Crippen LogP contribution in [0, 0.1) is 0 Å². The SMILES string of the molecule is O=C(Cc1ccccc1)C(Cc1ccccc1)SCc1cccnc1.O=C(Nc1ccccc1)C(Cc1ccccc1)OCc1cccnc1.O=C(Nc1ccccc1)C(Cc1ccccc1)SCc1cccnc1.c1ccc(CC(CNc2ccccc2)OCc2cccnc2)cc1.c1ccc(CC(CNc2ccccc2)SCc2cccnc2)cc1. The number of thioether (sulfide) groups is 3. The number of anilines is 4. The largest absolute Gasteiger partial charge is 0.384 e. The minimum atomic E-state index is -0.581. The van der Waals surface area contributed by atoms with Crippen molar-refractivity contribution >= 4 is 75.6 Å². The molecule has 123 heavy (non-hydrogen) atoms. The molecule has 10 aromatic carbocycles. The number of nitrogens with zero attached hydrogens (tertiary/aromatic N) is 5. The summed E-state index contributed by atoms with van der Waals surface area (Å²) < 4.78 is 12.1. The van der Waals surface area contributed by atoms with E-state index in [0.29, 0.717) is 37.7 Å². The molecule has 0 saturated carbocycles. The van der Waals surface area contributed by atoms with Crippen LogP contribution in [0.2, 0.25) is 0 Å². The van der Waals surface area contributed by atoms with Crippen molar-refractivity contribution in [3.8, 4) is 0 Å². The summed E-state index contributed by atoms with van der Waals surface area (Å²) in [6.45, 7) is 2.62. The number of pyridine rings is 5. The van der Waals surface area contributed by atoms with Gasteiger partial charge in [0.15, 0.2) is 5.78 Å². The van der Waals surface area contributed by atoms with E-state index in [9.17, 15) is 14.4 Å². The lowest BCUT2D eigenvalue weighted by Crippen LogP contribution is -2.32. The van der Waals surface area contributed by atoms with Crippen LogP contribution in [0.3, 0.4) is 0 Å². The lowest BCUT2D eigenvalue weighted by molar-refractivity contribution is -0.128. The highest BCUT2D eigenvalue weighted by atomic mass is 32.2. The van der Waals surface area contributed by atoms with Gasteiger partial charge >= 0.3 is 0 Å². The van der Waals surface area contributed by atoms with E-state index in [2.05, 4.69) is 174 Å². The first-order valence-electron chi connectivity index (χ1n) is 41.3. The number of ether oxygens (including phenoxy) is 2. The Labute approximate surface area is 737 Å². The number of benzene rings is 10. The predicted molar refractivity (Wildman–Crippen MR) is 509 cm³/mol. The zero-order chi connectivity index (χ0) is 84.9. The summed E-state index contributed by atoms with van der Waals surface area (Å²) in [5.74, 6) is 2.70. The highest BCUT2D eigenvalue weighted by Crippen LogP contribution is 2.27. The van der Waals surface area contributed by atoms with E-state index in [1.165, 1.54) is 27.9 Å². The number of carbonyl (C=O) groups excluding carboxylic acids is 3. The highest BCUT2D eigenvalue weighted by molar-refractivity contribution is 8.00. The molecule has 5 atom stereocenters. The van der Waals surface area contributed by atoms with Gasteiger partial charge in [-0.1, -0.05) is 285 Å². The van der Waals surface area contributed by atoms with Crippen LogP contribution in [0.1, 0.15) is 61.2 Å². The Hall–Kier alpha value is -12.9. The molecule has 14 nitrogen and oxygen atoms in total.